The summed E-state index contributed by atoms with van der Waals surface area (Å²) in [5.41, 5.74) is 0.941. The molecule has 3 rings (SSSR count). The van der Waals surface area contributed by atoms with Crippen molar-refractivity contribution in [2.24, 2.45) is 5.92 Å². The van der Waals surface area contributed by atoms with Crippen LogP contribution in [0.1, 0.15) is 38.2 Å². The first-order valence-electron chi connectivity index (χ1n) is 8.49. The lowest BCUT2D eigenvalue weighted by molar-refractivity contribution is -0.124. The van der Waals surface area contributed by atoms with Gasteiger partial charge < -0.3 is 14.5 Å². The molecule has 2 atom stereocenters. The second kappa shape index (κ2) is 7.07. The number of rotatable bonds is 4. The Morgan fingerprint density at radius 1 is 1.29 bits per heavy atom. The summed E-state index contributed by atoms with van der Waals surface area (Å²) >= 11 is 0. The van der Waals surface area contributed by atoms with Gasteiger partial charge in [-0.3, -0.25) is 4.79 Å². The van der Waals surface area contributed by atoms with Crippen molar-refractivity contribution in [1.82, 2.24) is 5.32 Å². The zero-order chi connectivity index (χ0) is 17.1. The summed E-state index contributed by atoms with van der Waals surface area (Å²) < 4.78 is 10.7. The van der Waals surface area contributed by atoms with E-state index in [2.05, 4.69) is 12.2 Å². The van der Waals surface area contributed by atoms with Crippen LogP contribution in [0.2, 0.25) is 0 Å². The van der Waals surface area contributed by atoms with Gasteiger partial charge in [0.1, 0.15) is 11.3 Å². The smallest absolute Gasteiger partial charge is 0.336 e. The Labute approximate surface area is 141 Å². The Morgan fingerprint density at radius 2 is 2.08 bits per heavy atom. The van der Waals surface area contributed by atoms with Crippen LogP contribution < -0.4 is 15.7 Å². The van der Waals surface area contributed by atoms with Crippen LogP contribution in [-0.4, -0.2) is 18.6 Å². The van der Waals surface area contributed by atoms with Crippen molar-refractivity contribution < 1.29 is 13.9 Å². The monoisotopic (exact) mass is 329 g/mol. The number of nitrogens with one attached hydrogen (secondary N) is 1. The molecule has 0 radical (unpaired) electrons. The SMILES string of the molecule is Cc1cc(=O)oc2cc(OCC(=O)N[C@@H]3CCCC[C@@H]3C)ccc12. The summed E-state index contributed by atoms with van der Waals surface area (Å²) in [5.74, 6) is 0.920. The van der Waals surface area contributed by atoms with Gasteiger partial charge in [-0.25, -0.2) is 4.79 Å². The molecule has 1 fully saturated rings. The van der Waals surface area contributed by atoms with Crippen molar-refractivity contribution in [3.05, 3.63) is 40.2 Å². The molecule has 0 unspecified atom stereocenters. The lowest BCUT2D eigenvalue weighted by atomic mass is 9.86. The van der Waals surface area contributed by atoms with E-state index >= 15 is 0 Å². The fourth-order valence-corrected chi connectivity index (χ4v) is 3.32. The number of hydrogen-bond donors (Lipinski definition) is 1. The highest BCUT2D eigenvalue weighted by molar-refractivity contribution is 5.81. The standard InChI is InChI=1S/C19H23NO4/c1-12-5-3-4-6-16(12)20-18(21)11-23-14-7-8-15-13(2)9-19(22)24-17(15)10-14/h7-10,12,16H,3-6,11H2,1-2H3,(H,20,21)/t12-,16+/m0/s1. The fourth-order valence-electron chi connectivity index (χ4n) is 3.32. The maximum Gasteiger partial charge on any atom is 0.336 e. The van der Waals surface area contributed by atoms with Crippen LogP contribution in [0.4, 0.5) is 0 Å². The molecule has 1 heterocycles. The maximum atomic E-state index is 12.1. The molecule has 128 valence electrons. The van der Waals surface area contributed by atoms with Crippen molar-refractivity contribution >= 4 is 16.9 Å². The average Bonchev–Trinajstić information content (AvgIpc) is 2.54. The van der Waals surface area contributed by atoms with Crippen molar-refractivity contribution in [2.75, 3.05) is 6.61 Å². The van der Waals surface area contributed by atoms with Crippen LogP contribution in [-0.2, 0) is 4.79 Å². The number of hydrogen-bond acceptors (Lipinski definition) is 4. The molecule has 0 spiro atoms. The van der Waals surface area contributed by atoms with E-state index in [9.17, 15) is 9.59 Å². The molecule has 1 N–H and O–H groups in total. The first-order chi connectivity index (χ1) is 11.5. The Kier molecular flexibility index (Phi) is 4.88. The molecule has 5 nitrogen and oxygen atoms in total. The van der Waals surface area contributed by atoms with Gasteiger partial charge >= 0.3 is 5.63 Å². The topological polar surface area (TPSA) is 68.5 Å². The number of carbonyl (C=O) groups is 1. The van der Waals surface area contributed by atoms with Crippen molar-refractivity contribution in [3.63, 3.8) is 0 Å². The van der Waals surface area contributed by atoms with Gasteiger partial charge in [0.2, 0.25) is 0 Å². The Morgan fingerprint density at radius 3 is 2.88 bits per heavy atom. The zero-order valence-electron chi connectivity index (χ0n) is 14.1. The Balaban J connectivity index is 1.62. The fraction of sp³-hybridized carbons (Fsp3) is 0.474. The van der Waals surface area contributed by atoms with E-state index in [1.54, 1.807) is 12.1 Å². The molecule has 1 amide bonds. The number of amides is 1. The number of benzene rings is 1. The number of carbonyl (C=O) groups excluding carboxylic acids is 1. The molecule has 0 aliphatic heterocycles. The molecule has 0 bridgehead atoms. The molecule has 24 heavy (non-hydrogen) atoms. The van der Waals surface area contributed by atoms with Crippen LogP contribution in [0, 0.1) is 12.8 Å². The summed E-state index contributed by atoms with van der Waals surface area (Å²) in [5, 5.41) is 3.92. The molecule has 1 aliphatic carbocycles. The number of aryl methyl sites for hydroxylation is 1. The van der Waals surface area contributed by atoms with E-state index in [4.69, 9.17) is 9.15 Å². The summed E-state index contributed by atoms with van der Waals surface area (Å²) in [4.78, 5) is 23.6. The Bertz CT molecular complexity index is 796. The van der Waals surface area contributed by atoms with Gasteiger partial charge in [0.05, 0.1) is 0 Å². The molecular weight excluding hydrogens is 306 g/mol. The normalized spacial score (nSPS) is 20.8. The third kappa shape index (κ3) is 3.78. The van der Waals surface area contributed by atoms with Gasteiger partial charge in [-0.1, -0.05) is 19.8 Å². The van der Waals surface area contributed by atoms with Gasteiger partial charge in [0.25, 0.3) is 5.91 Å². The van der Waals surface area contributed by atoms with Gasteiger partial charge in [0.15, 0.2) is 6.61 Å². The van der Waals surface area contributed by atoms with E-state index in [1.807, 2.05) is 13.0 Å². The zero-order valence-corrected chi connectivity index (χ0v) is 14.1. The largest absolute Gasteiger partial charge is 0.484 e. The van der Waals surface area contributed by atoms with Crippen molar-refractivity contribution in [2.45, 2.75) is 45.6 Å². The van der Waals surface area contributed by atoms with Gasteiger partial charge in [-0.2, -0.15) is 0 Å². The molecule has 2 aromatic rings. The second-order valence-electron chi connectivity index (χ2n) is 6.63. The molecular formula is C19H23NO4. The molecule has 1 aromatic carbocycles. The van der Waals surface area contributed by atoms with Crippen molar-refractivity contribution in [3.8, 4) is 5.75 Å². The quantitative estimate of drug-likeness (QED) is 0.875. The highest BCUT2D eigenvalue weighted by Gasteiger charge is 2.22. The van der Waals surface area contributed by atoms with E-state index < -0.39 is 0 Å². The predicted molar refractivity (Wildman–Crippen MR) is 92.3 cm³/mol. The number of fused-ring (bicyclic) bond motifs is 1. The average molecular weight is 329 g/mol. The van der Waals surface area contributed by atoms with Gasteiger partial charge in [-0.05, 0) is 43.4 Å². The second-order valence-corrected chi connectivity index (χ2v) is 6.63. The molecule has 0 saturated heterocycles. The van der Waals surface area contributed by atoms with E-state index in [1.165, 1.54) is 18.9 Å². The highest BCUT2D eigenvalue weighted by Crippen LogP contribution is 2.24. The van der Waals surface area contributed by atoms with Crippen LogP contribution >= 0.6 is 0 Å². The summed E-state index contributed by atoms with van der Waals surface area (Å²) in [6.45, 7) is 4.00. The van der Waals surface area contributed by atoms with Crippen LogP contribution in [0.25, 0.3) is 11.0 Å². The number of ether oxygens (including phenoxy) is 1. The van der Waals surface area contributed by atoms with Crippen LogP contribution in [0.15, 0.2) is 33.5 Å². The van der Waals surface area contributed by atoms with Gasteiger partial charge in [-0.15, -0.1) is 0 Å². The predicted octanol–water partition coefficient (Wildman–Crippen LogP) is 3.18. The van der Waals surface area contributed by atoms with Crippen molar-refractivity contribution in [1.29, 1.82) is 0 Å². The molecule has 1 aromatic heterocycles. The lowest BCUT2D eigenvalue weighted by Gasteiger charge is -2.29. The summed E-state index contributed by atoms with van der Waals surface area (Å²) in [6, 6.07) is 6.98. The highest BCUT2D eigenvalue weighted by atomic mass is 16.5. The molecule has 1 aliphatic rings. The van der Waals surface area contributed by atoms with E-state index in [-0.39, 0.29) is 24.2 Å². The van der Waals surface area contributed by atoms with E-state index in [0.717, 1.165) is 23.8 Å². The molecule has 1 saturated carbocycles. The summed E-state index contributed by atoms with van der Waals surface area (Å²) in [7, 11) is 0. The molecule has 5 heteroatoms. The van der Waals surface area contributed by atoms with E-state index in [0.29, 0.717) is 17.3 Å². The summed E-state index contributed by atoms with van der Waals surface area (Å²) in [6.07, 6.45) is 4.60. The van der Waals surface area contributed by atoms with Gasteiger partial charge in [0, 0.05) is 23.6 Å². The third-order valence-corrected chi connectivity index (χ3v) is 4.75. The van der Waals surface area contributed by atoms with Crippen LogP contribution in [0.3, 0.4) is 0 Å². The third-order valence-electron chi connectivity index (χ3n) is 4.75. The Hall–Kier alpha value is -2.30. The minimum atomic E-state index is -0.388. The lowest BCUT2D eigenvalue weighted by Crippen LogP contribution is -2.43. The minimum absolute atomic E-state index is 0.0369. The minimum Gasteiger partial charge on any atom is -0.484 e. The maximum absolute atomic E-state index is 12.1. The first kappa shape index (κ1) is 16.6. The first-order valence-corrected chi connectivity index (χ1v) is 8.49. The van der Waals surface area contributed by atoms with Crippen LogP contribution in [0.5, 0.6) is 5.75 Å².